The van der Waals surface area contributed by atoms with Crippen molar-refractivity contribution < 1.29 is 43.0 Å². The van der Waals surface area contributed by atoms with Crippen LogP contribution in [0.5, 0.6) is 11.5 Å². The number of primary amides is 1. The molecule has 3 amide bonds. The lowest BCUT2D eigenvalue weighted by molar-refractivity contribution is -0.144. The van der Waals surface area contributed by atoms with Gasteiger partial charge < -0.3 is 25.4 Å². The van der Waals surface area contributed by atoms with Crippen LogP contribution in [0.1, 0.15) is 118 Å². The van der Waals surface area contributed by atoms with Gasteiger partial charge in [0.1, 0.15) is 17.5 Å². The highest BCUT2D eigenvalue weighted by Crippen LogP contribution is 2.38. The maximum Gasteiger partial charge on any atom is 0.244 e. The molecule has 65 heavy (non-hydrogen) atoms. The molecule has 12 nitrogen and oxygen atoms in total. The number of carbonyl (C=O) groups is 7. The van der Waals surface area contributed by atoms with Crippen LogP contribution < -0.4 is 15.8 Å². The van der Waals surface area contributed by atoms with Crippen molar-refractivity contribution in [1.29, 1.82) is 0 Å². The van der Waals surface area contributed by atoms with Gasteiger partial charge in [-0.05, 0) is 60.6 Å². The van der Waals surface area contributed by atoms with Gasteiger partial charge in [-0.2, -0.15) is 0 Å². The highest BCUT2D eigenvalue weighted by molar-refractivity contribution is 6.38. The van der Waals surface area contributed by atoms with Crippen molar-refractivity contribution in [3.8, 4) is 11.5 Å². The molecule has 4 aromatic carbocycles. The molecular formula is C53H61N3O9. The molecule has 0 bridgehead atoms. The Bertz CT molecular complexity index is 2240. The van der Waals surface area contributed by atoms with E-state index in [2.05, 4.69) is 5.32 Å². The van der Waals surface area contributed by atoms with Crippen LogP contribution in [-0.2, 0) is 40.1 Å². The summed E-state index contributed by atoms with van der Waals surface area (Å²) in [6.45, 7) is 2.34. The summed E-state index contributed by atoms with van der Waals surface area (Å²) in [5.41, 5.74) is 7.34. The molecule has 0 aromatic heterocycles. The first-order valence-electron chi connectivity index (χ1n) is 23.1. The maximum atomic E-state index is 15.1. The van der Waals surface area contributed by atoms with Crippen LogP contribution in [0.15, 0.2) is 115 Å². The Morgan fingerprint density at radius 2 is 1.42 bits per heavy atom. The summed E-state index contributed by atoms with van der Waals surface area (Å²) in [7, 11) is 0. The van der Waals surface area contributed by atoms with Crippen LogP contribution >= 0.6 is 0 Å². The number of hydrogen-bond acceptors (Lipinski definition) is 9. The molecular weight excluding hydrogens is 823 g/mol. The molecule has 5 atom stereocenters. The van der Waals surface area contributed by atoms with Gasteiger partial charge >= 0.3 is 0 Å². The zero-order valence-electron chi connectivity index (χ0n) is 37.2. The molecule has 6 rings (SSSR count). The standard InChI is InChI=1S/C53H61N3O9/c1-2-3-20-39(51(61)45(57)29-30-49(60)55-50(52(54)62)38-23-12-6-13-24-38)31-47(59)44-32-41(64-35-36-18-8-4-9-19-36)34-56(44)53(63)43(37-21-10-5-11-22-37)33-46(58)42-27-16-17-28-48(42)65-40-25-14-7-15-26-40/h4,6-9,12-19,23-28,37,39,41,43-44,50H,2-3,5,10-11,20-22,29-35H2,1H3,(H2,54,62)(H,55,60)/t39?,41-,43?,44+,50?/m1/s1. The van der Waals surface area contributed by atoms with Crippen LogP contribution in [0, 0.1) is 17.8 Å². The average Bonchev–Trinajstić information content (AvgIpc) is 3.77. The number of para-hydroxylation sites is 2. The zero-order valence-corrected chi connectivity index (χ0v) is 37.2. The lowest BCUT2D eigenvalue weighted by atomic mass is 9.76. The summed E-state index contributed by atoms with van der Waals surface area (Å²) in [5, 5.41) is 2.56. The number of Topliss-reactive ketones (excluding diaryl/α,β-unsaturated/α-hetero) is 4. The predicted octanol–water partition coefficient (Wildman–Crippen LogP) is 8.46. The average molecular weight is 884 g/mol. The molecule has 0 spiro atoms. The van der Waals surface area contributed by atoms with Crippen molar-refractivity contribution in [3.63, 3.8) is 0 Å². The van der Waals surface area contributed by atoms with Gasteiger partial charge in [0.25, 0.3) is 0 Å². The lowest BCUT2D eigenvalue weighted by Gasteiger charge is -2.34. The van der Waals surface area contributed by atoms with Crippen LogP contribution in [0.25, 0.3) is 0 Å². The molecule has 3 N–H and O–H groups in total. The van der Waals surface area contributed by atoms with E-state index in [1.807, 2.05) is 55.5 Å². The minimum atomic E-state index is -1.11. The molecule has 2 aliphatic rings. The molecule has 3 unspecified atom stereocenters. The Morgan fingerprint density at radius 1 is 0.769 bits per heavy atom. The van der Waals surface area contributed by atoms with Crippen LogP contribution in [0.3, 0.4) is 0 Å². The van der Waals surface area contributed by atoms with Crippen LogP contribution in [0.4, 0.5) is 0 Å². The second-order valence-corrected chi connectivity index (χ2v) is 17.3. The van der Waals surface area contributed by atoms with Gasteiger partial charge in [-0.1, -0.05) is 130 Å². The molecule has 4 aromatic rings. The number of ether oxygens (including phenoxy) is 2. The Hall–Kier alpha value is -6.27. The van der Waals surface area contributed by atoms with E-state index >= 15 is 4.79 Å². The Balaban J connectivity index is 1.20. The zero-order chi connectivity index (χ0) is 46.1. The van der Waals surface area contributed by atoms with Crippen molar-refractivity contribution in [1.82, 2.24) is 10.2 Å². The monoisotopic (exact) mass is 883 g/mol. The van der Waals surface area contributed by atoms with E-state index in [0.717, 1.165) is 37.7 Å². The maximum absolute atomic E-state index is 15.1. The summed E-state index contributed by atoms with van der Waals surface area (Å²) in [5.74, 6) is -4.60. The number of carbonyl (C=O) groups excluding carboxylic acids is 7. The van der Waals surface area contributed by atoms with E-state index in [4.69, 9.17) is 15.2 Å². The first-order chi connectivity index (χ1) is 31.5. The molecule has 1 saturated carbocycles. The molecule has 342 valence electrons. The molecule has 0 radical (unpaired) electrons. The normalized spacial score (nSPS) is 17.6. The summed E-state index contributed by atoms with van der Waals surface area (Å²) in [4.78, 5) is 98.0. The third-order valence-electron chi connectivity index (χ3n) is 12.6. The smallest absolute Gasteiger partial charge is 0.244 e. The van der Waals surface area contributed by atoms with Crippen LogP contribution in [-0.4, -0.2) is 64.4 Å². The summed E-state index contributed by atoms with van der Waals surface area (Å²) in [6, 6.07) is 32.2. The van der Waals surface area contributed by atoms with Gasteiger partial charge in [-0.15, -0.1) is 0 Å². The third kappa shape index (κ3) is 13.6. The summed E-state index contributed by atoms with van der Waals surface area (Å²) in [6.07, 6.45) is 4.58. The SMILES string of the molecule is CCCCC(CC(=O)[C@@H]1C[C@@H](OCc2ccccc2)CN1C(=O)C(CC(=O)c1ccccc1Oc1ccccc1)C1CCCCC1)C(=O)C(=O)CCC(=O)NC(C(N)=O)c1ccccc1. The number of nitrogens with one attached hydrogen (secondary N) is 1. The van der Waals surface area contributed by atoms with Crippen molar-refractivity contribution in [3.05, 3.63) is 132 Å². The number of amides is 3. The van der Waals surface area contributed by atoms with Crippen LogP contribution in [0.2, 0.25) is 0 Å². The van der Waals surface area contributed by atoms with Gasteiger partial charge in [-0.3, -0.25) is 33.6 Å². The fraction of sp³-hybridized carbons (Fsp3) is 0.415. The van der Waals surface area contributed by atoms with E-state index in [1.54, 1.807) is 71.6 Å². The molecule has 1 heterocycles. The number of hydrogen-bond donors (Lipinski definition) is 2. The third-order valence-corrected chi connectivity index (χ3v) is 12.6. The fourth-order valence-electron chi connectivity index (χ4n) is 9.10. The van der Waals surface area contributed by atoms with Crippen molar-refractivity contribution in [2.45, 2.75) is 115 Å². The van der Waals surface area contributed by atoms with E-state index in [1.165, 1.54) is 0 Å². The first kappa shape index (κ1) is 48.2. The molecule has 1 saturated heterocycles. The largest absolute Gasteiger partial charge is 0.457 e. The van der Waals surface area contributed by atoms with Gasteiger partial charge in [0, 0.05) is 50.5 Å². The summed E-state index contributed by atoms with van der Waals surface area (Å²) < 4.78 is 12.5. The number of benzene rings is 4. The van der Waals surface area contributed by atoms with Crippen molar-refractivity contribution in [2.24, 2.45) is 23.5 Å². The molecule has 1 aliphatic heterocycles. The number of nitrogens with zero attached hydrogens (tertiary/aromatic N) is 1. The highest BCUT2D eigenvalue weighted by atomic mass is 16.5. The number of ketones is 4. The first-order valence-corrected chi connectivity index (χ1v) is 23.1. The second kappa shape index (κ2) is 24.1. The van der Waals surface area contributed by atoms with Gasteiger partial charge in [0.2, 0.25) is 23.5 Å². The minimum Gasteiger partial charge on any atom is -0.457 e. The fourth-order valence-corrected chi connectivity index (χ4v) is 9.10. The Labute approximate surface area is 381 Å². The summed E-state index contributed by atoms with van der Waals surface area (Å²) >= 11 is 0. The molecule has 12 heteroatoms. The number of likely N-dealkylation sites (tertiary alicyclic amines) is 1. The van der Waals surface area contributed by atoms with Gasteiger partial charge in [-0.25, -0.2) is 0 Å². The van der Waals surface area contributed by atoms with Gasteiger partial charge in [0.05, 0.1) is 24.3 Å². The van der Waals surface area contributed by atoms with E-state index < -0.39 is 59.8 Å². The minimum absolute atomic E-state index is 0.0726. The quantitative estimate of drug-likeness (QED) is 0.0516. The van der Waals surface area contributed by atoms with Crippen molar-refractivity contribution in [2.75, 3.05) is 6.54 Å². The highest BCUT2D eigenvalue weighted by Gasteiger charge is 2.45. The van der Waals surface area contributed by atoms with Crippen molar-refractivity contribution >= 4 is 40.9 Å². The Morgan fingerprint density at radius 3 is 2.09 bits per heavy atom. The second-order valence-electron chi connectivity index (χ2n) is 17.3. The lowest BCUT2D eigenvalue weighted by Crippen LogP contribution is -2.47. The number of nitrogens with two attached hydrogens (primary N) is 1. The topological polar surface area (TPSA) is 179 Å². The Kier molecular flexibility index (Phi) is 17.9. The number of unbranched alkanes of at least 4 members (excludes halogenated alkanes) is 1. The molecule has 2 fully saturated rings. The van der Waals surface area contributed by atoms with E-state index in [9.17, 15) is 28.8 Å². The van der Waals surface area contributed by atoms with Gasteiger partial charge in [0.15, 0.2) is 17.3 Å². The van der Waals surface area contributed by atoms with E-state index in [-0.39, 0.29) is 68.6 Å². The number of rotatable bonds is 24. The molecule has 1 aliphatic carbocycles. The predicted molar refractivity (Wildman–Crippen MR) is 246 cm³/mol. The van der Waals surface area contributed by atoms with E-state index in [0.29, 0.717) is 35.5 Å².